The Bertz CT molecular complexity index is 1250. The Balaban J connectivity index is 1.77. The van der Waals surface area contributed by atoms with Gasteiger partial charge in [0.1, 0.15) is 22.5 Å². The van der Waals surface area contributed by atoms with Crippen LogP contribution in [-0.4, -0.2) is 21.0 Å². The number of benzene rings is 1. The van der Waals surface area contributed by atoms with Gasteiger partial charge in [-0.05, 0) is 55.8 Å². The van der Waals surface area contributed by atoms with E-state index in [2.05, 4.69) is 15.3 Å². The molecule has 1 amide bonds. The SMILES string of the molecule is CC(C)(O)c1cc(F)c(-c2cc(C(N)=O)c(Nc3ccc4[nH]ccc4n3)s2)c(F)c1. The summed E-state index contributed by atoms with van der Waals surface area (Å²) in [5, 5.41) is 13.4. The number of nitrogens with one attached hydrogen (secondary N) is 2. The number of pyridine rings is 1. The van der Waals surface area contributed by atoms with Crippen LogP contribution in [0.4, 0.5) is 19.6 Å². The van der Waals surface area contributed by atoms with Crippen LogP contribution in [-0.2, 0) is 5.60 Å². The Labute approximate surface area is 174 Å². The molecule has 1 aromatic carbocycles. The molecule has 0 aliphatic heterocycles. The lowest BCUT2D eigenvalue weighted by Gasteiger charge is -2.18. The van der Waals surface area contributed by atoms with Crippen LogP contribution in [0.1, 0.15) is 29.8 Å². The van der Waals surface area contributed by atoms with E-state index < -0.39 is 23.1 Å². The Hall–Kier alpha value is -3.30. The first-order valence-corrected chi connectivity index (χ1v) is 9.82. The van der Waals surface area contributed by atoms with Gasteiger partial charge in [-0.3, -0.25) is 4.79 Å². The quantitative estimate of drug-likeness (QED) is 0.372. The van der Waals surface area contributed by atoms with Gasteiger partial charge in [-0.25, -0.2) is 13.8 Å². The van der Waals surface area contributed by atoms with Gasteiger partial charge in [-0.15, -0.1) is 11.3 Å². The molecule has 0 bridgehead atoms. The molecule has 0 fully saturated rings. The average Bonchev–Trinajstić information content (AvgIpc) is 3.27. The third-order valence-electron chi connectivity index (χ3n) is 4.64. The van der Waals surface area contributed by atoms with Gasteiger partial charge in [0.05, 0.1) is 27.8 Å². The number of aromatic nitrogens is 2. The standard InChI is InChI=1S/C21H18F2N4O2S/c1-21(2,29)10-7-12(22)18(13(23)8-10)16-9-11(19(24)28)20(30-16)27-17-4-3-14-15(26-17)5-6-25-14/h3-9,25,29H,1-2H3,(H2,24,28)(H,26,27). The lowest BCUT2D eigenvalue weighted by molar-refractivity contribution is 0.0778. The molecule has 154 valence electrons. The molecule has 0 unspecified atom stereocenters. The fourth-order valence-corrected chi connectivity index (χ4v) is 4.19. The monoisotopic (exact) mass is 428 g/mol. The van der Waals surface area contributed by atoms with Crippen LogP contribution in [0, 0.1) is 11.6 Å². The number of nitrogens with zero attached hydrogens (tertiary/aromatic N) is 1. The fourth-order valence-electron chi connectivity index (χ4n) is 3.07. The lowest BCUT2D eigenvalue weighted by Crippen LogP contribution is -2.16. The molecule has 3 heterocycles. The van der Waals surface area contributed by atoms with Crippen LogP contribution in [0.25, 0.3) is 21.5 Å². The maximum atomic E-state index is 14.7. The van der Waals surface area contributed by atoms with E-state index in [-0.39, 0.29) is 21.6 Å². The molecule has 0 spiro atoms. The minimum Gasteiger partial charge on any atom is -0.386 e. The molecule has 5 N–H and O–H groups in total. The molecule has 6 nitrogen and oxygen atoms in total. The van der Waals surface area contributed by atoms with Gasteiger partial charge in [0.2, 0.25) is 0 Å². The Kier molecular flexibility index (Phi) is 4.79. The minimum absolute atomic E-state index is 0.0938. The van der Waals surface area contributed by atoms with Crippen LogP contribution in [0.5, 0.6) is 0 Å². The van der Waals surface area contributed by atoms with Crippen molar-refractivity contribution in [2.24, 2.45) is 5.73 Å². The van der Waals surface area contributed by atoms with Gasteiger partial charge < -0.3 is 21.1 Å². The molecule has 0 atom stereocenters. The summed E-state index contributed by atoms with van der Waals surface area (Å²) in [5.41, 5.74) is 5.54. The van der Waals surface area contributed by atoms with E-state index >= 15 is 0 Å². The van der Waals surface area contributed by atoms with Crippen LogP contribution in [0.3, 0.4) is 0 Å². The number of hydrogen-bond donors (Lipinski definition) is 4. The molecule has 3 aromatic heterocycles. The normalized spacial score (nSPS) is 11.8. The second kappa shape index (κ2) is 7.19. The van der Waals surface area contributed by atoms with Crippen LogP contribution < -0.4 is 11.1 Å². The topological polar surface area (TPSA) is 104 Å². The third kappa shape index (κ3) is 3.64. The molecular weight excluding hydrogens is 410 g/mol. The summed E-state index contributed by atoms with van der Waals surface area (Å²) in [4.78, 5) is 19.6. The summed E-state index contributed by atoms with van der Waals surface area (Å²) in [5.74, 6) is -1.97. The number of anilines is 2. The number of aromatic amines is 1. The highest BCUT2D eigenvalue weighted by Gasteiger charge is 2.24. The van der Waals surface area contributed by atoms with Crippen molar-refractivity contribution in [3.63, 3.8) is 0 Å². The molecule has 0 saturated carbocycles. The molecule has 4 rings (SSSR count). The van der Waals surface area contributed by atoms with Crippen molar-refractivity contribution >= 4 is 39.1 Å². The predicted molar refractivity (Wildman–Crippen MR) is 113 cm³/mol. The number of aliphatic hydroxyl groups is 1. The number of carbonyl (C=O) groups is 1. The highest BCUT2D eigenvalue weighted by atomic mass is 32.1. The summed E-state index contributed by atoms with van der Waals surface area (Å²) >= 11 is 0.983. The van der Waals surface area contributed by atoms with Crippen LogP contribution in [0.15, 0.2) is 42.6 Å². The van der Waals surface area contributed by atoms with Crippen molar-refractivity contribution in [2.45, 2.75) is 19.4 Å². The number of nitrogens with two attached hydrogens (primary N) is 1. The zero-order chi connectivity index (χ0) is 21.6. The predicted octanol–water partition coefficient (Wildman–Crippen LogP) is 4.64. The number of primary amides is 1. The summed E-state index contributed by atoms with van der Waals surface area (Å²) in [6.45, 7) is 2.88. The van der Waals surface area contributed by atoms with E-state index in [0.717, 1.165) is 34.5 Å². The number of thiophene rings is 1. The van der Waals surface area contributed by atoms with Crippen molar-refractivity contribution in [1.29, 1.82) is 0 Å². The van der Waals surface area contributed by atoms with Crippen molar-refractivity contribution in [3.8, 4) is 10.4 Å². The number of halogens is 2. The molecule has 0 radical (unpaired) electrons. The van der Waals surface area contributed by atoms with E-state index in [1.165, 1.54) is 19.9 Å². The number of amides is 1. The Morgan fingerprint density at radius 2 is 1.90 bits per heavy atom. The molecule has 0 saturated heterocycles. The van der Waals surface area contributed by atoms with E-state index in [9.17, 15) is 18.7 Å². The molecule has 9 heteroatoms. The maximum Gasteiger partial charge on any atom is 0.251 e. The number of hydrogen-bond acceptors (Lipinski definition) is 5. The lowest BCUT2D eigenvalue weighted by atomic mass is 9.96. The van der Waals surface area contributed by atoms with Crippen LogP contribution >= 0.6 is 11.3 Å². The Morgan fingerprint density at radius 1 is 1.20 bits per heavy atom. The summed E-state index contributed by atoms with van der Waals surface area (Å²) in [6, 6.07) is 8.83. The third-order valence-corrected chi connectivity index (χ3v) is 5.71. The number of rotatable bonds is 5. The first kappa shape index (κ1) is 20.0. The number of H-pyrrole nitrogens is 1. The van der Waals surface area contributed by atoms with Gasteiger partial charge >= 0.3 is 0 Å². The van der Waals surface area contributed by atoms with Gasteiger partial charge in [-0.1, -0.05) is 0 Å². The van der Waals surface area contributed by atoms with Crippen molar-refractivity contribution in [1.82, 2.24) is 9.97 Å². The van der Waals surface area contributed by atoms with Crippen molar-refractivity contribution in [2.75, 3.05) is 5.32 Å². The largest absolute Gasteiger partial charge is 0.386 e. The molecule has 4 aromatic rings. The molecule has 0 aliphatic carbocycles. The number of carbonyl (C=O) groups excluding carboxylic acids is 1. The second-order valence-corrected chi connectivity index (χ2v) is 8.38. The maximum absolute atomic E-state index is 14.7. The summed E-state index contributed by atoms with van der Waals surface area (Å²) < 4.78 is 29.5. The van der Waals surface area contributed by atoms with Gasteiger partial charge in [0.25, 0.3) is 5.91 Å². The van der Waals surface area contributed by atoms with Crippen LogP contribution in [0.2, 0.25) is 0 Å². The van der Waals surface area contributed by atoms with E-state index in [1.54, 1.807) is 18.3 Å². The second-order valence-electron chi connectivity index (χ2n) is 7.32. The summed E-state index contributed by atoms with van der Waals surface area (Å²) in [6.07, 6.45) is 1.75. The Morgan fingerprint density at radius 3 is 2.53 bits per heavy atom. The van der Waals surface area contributed by atoms with E-state index in [1.807, 2.05) is 6.07 Å². The highest BCUT2D eigenvalue weighted by Crippen LogP contribution is 2.40. The van der Waals surface area contributed by atoms with Crippen molar-refractivity contribution < 1.29 is 18.7 Å². The molecule has 30 heavy (non-hydrogen) atoms. The fraction of sp³-hybridized carbons (Fsp3) is 0.143. The zero-order valence-electron chi connectivity index (χ0n) is 16.1. The van der Waals surface area contributed by atoms with Gasteiger partial charge in [0, 0.05) is 11.1 Å². The first-order chi connectivity index (χ1) is 14.1. The highest BCUT2D eigenvalue weighted by molar-refractivity contribution is 7.20. The van der Waals surface area contributed by atoms with Gasteiger partial charge in [0.15, 0.2) is 0 Å². The molecular formula is C21H18F2N4O2S. The summed E-state index contributed by atoms with van der Waals surface area (Å²) in [7, 11) is 0. The smallest absolute Gasteiger partial charge is 0.251 e. The average molecular weight is 428 g/mol. The van der Waals surface area contributed by atoms with E-state index in [4.69, 9.17) is 5.73 Å². The first-order valence-electron chi connectivity index (χ1n) is 9.00. The van der Waals surface area contributed by atoms with Crippen molar-refractivity contribution in [3.05, 3.63) is 65.4 Å². The zero-order valence-corrected chi connectivity index (χ0v) is 16.9. The number of fused-ring (bicyclic) bond motifs is 1. The minimum atomic E-state index is -1.40. The van der Waals surface area contributed by atoms with Gasteiger partial charge in [-0.2, -0.15) is 0 Å². The molecule has 0 aliphatic rings. The van der Waals surface area contributed by atoms with E-state index in [0.29, 0.717) is 10.8 Å².